The summed E-state index contributed by atoms with van der Waals surface area (Å²) in [6, 6.07) is 0. The van der Waals surface area contributed by atoms with Crippen LogP contribution < -0.4 is 5.56 Å². The van der Waals surface area contributed by atoms with Crippen LogP contribution in [-0.4, -0.2) is 74.2 Å². The number of hydrogen-bond acceptors (Lipinski definition) is 12. The number of nitrogens with zero attached hydrogens (tertiary/aromatic N) is 3. The van der Waals surface area contributed by atoms with Crippen molar-refractivity contribution >= 4 is 34.6 Å². The zero-order valence-electron chi connectivity index (χ0n) is 22.0. The van der Waals surface area contributed by atoms with Gasteiger partial charge in [-0.05, 0) is 33.6 Å². The third kappa shape index (κ3) is 8.58. The maximum absolute atomic E-state index is 12.2. The lowest BCUT2D eigenvalue weighted by atomic mass is 9.97. The quantitative estimate of drug-likeness (QED) is 0.120. The fourth-order valence-electron chi connectivity index (χ4n) is 4.08. The number of imidazole rings is 1. The SMILES string of the molecule is CC(C)=CCC/C(C)=C/C[C@@]1(n2cnc3c(=O)[nH]cnc32)O[C@H](COP(=O)(O)OP(=O)(O)OP(=O)(O)O)[C@@H](O)[C@H]1O. The number of aliphatic hydroxyl groups excluding tert-OH is 2. The molecule has 0 bridgehead atoms. The Bertz CT molecular complexity index is 1510. The Morgan fingerprint density at radius 3 is 2.41 bits per heavy atom. The van der Waals surface area contributed by atoms with Gasteiger partial charge in [0, 0.05) is 6.42 Å². The Hall–Kier alpha value is -1.88. The highest BCUT2D eigenvalue weighted by Crippen LogP contribution is 2.66. The molecule has 7 N–H and O–H groups in total. The van der Waals surface area contributed by atoms with E-state index in [1.54, 1.807) is 6.08 Å². The molecule has 2 aromatic rings. The molecule has 2 aromatic heterocycles. The van der Waals surface area contributed by atoms with Crippen LogP contribution in [0.15, 0.2) is 40.7 Å². The maximum atomic E-state index is 12.2. The molecule has 0 aromatic carbocycles. The van der Waals surface area contributed by atoms with Crippen LogP contribution in [0.2, 0.25) is 0 Å². The highest BCUT2D eigenvalue weighted by atomic mass is 31.3. The second-order valence-electron chi connectivity index (χ2n) is 9.42. The zero-order chi connectivity index (χ0) is 30.8. The first-order valence-electron chi connectivity index (χ1n) is 11.9. The molecule has 1 aliphatic heterocycles. The Balaban J connectivity index is 1.91. The Morgan fingerprint density at radius 2 is 1.78 bits per heavy atom. The first-order valence-corrected chi connectivity index (χ1v) is 16.4. The predicted molar refractivity (Wildman–Crippen MR) is 140 cm³/mol. The molecule has 21 heteroatoms. The molecular weight excluding hydrogens is 613 g/mol. The summed E-state index contributed by atoms with van der Waals surface area (Å²) in [4.78, 5) is 59.2. The van der Waals surface area contributed by atoms with E-state index >= 15 is 0 Å². The van der Waals surface area contributed by atoms with Crippen LogP contribution in [0, 0.1) is 0 Å². The third-order valence-electron chi connectivity index (χ3n) is 5.92. The van der Waals surface area contributed by atoms with E-state index in [1.165, 1.54) is 10.9 Å². The molecular formula is C20H31N4O14P3. The molecule has 1 fully saturated rings. The van der Waals surface area contributed by atoms with Crippen LogP contribution in [0.3, 0.4) is 0 Å². The molecule has 2 unspecified atom stereocenters. The summed E-state index contributed by atoms with van der Waals surface area (Å²) in [5.74, 6) is 0. The smallest absolute Gasteiger partial charge is 0.387 e. The molecule has 0 amide bonds. The Morgan fingerprint density at radius 1 is 1.10 bits per heavy atom. The van der Waals surface area contributed by atoms with Crippen molar-refractivity contribution in [3.8, 4) is 0 Å². The van der Waals surface area contributed by atoms with E-state index < -0.39 is 59.7 Å². The number of nitrogens with one attached hydrogen (secondary N) is 1. The molecule has 41 heavy (non-hydrogen) atoms. The number of aromatic nitrogens is 4. The lowest BCUT2D eigenvalue weighted by Gasteiger charge is -2.33. The van der Waals surface area contributed by atoms with Gasteiger partial charge in [0.15, 0.2) is 16.9 Å². The molecule has 1 saturated heterocycles. The summed E-state index contributed by atoms with van der Waals surface area (Å²) in [6.45, 7) is 4.73. The monoisotopic (exact) mass is 644 g/mol. The van der Waals surface area contributed by atoms with Gasteiger partial charge in [-0.3, -0.25) is 13.9 Å². The molecule has 0 spiro atoms. The van der Waals surface area contributed by atoms with Gasteiger partial charge in [-0.1, -0.05) is 23.3 Å². The van der Waals surface area contributed by atoms with E-state index in [4.69, 9.17) is 14.5 Å². The van der Waals surface area contributed by atoms with Gasteiger partial charge in [0.1, 0.15) is 18.3 Å². The van der Waals surface area contributed by atoms with Crippen molar-refractivity contribution in [2.45, 2.75) is 64.1 Å². The summed E-state index contributed by atoms with van der Waals surface area (Å²) >= 11 is 0. The van der Waals surface area contributed by atoms with E-state index in [9.17, 15) is 38.5 Å². The summed E-state index contributed by atoms with van der Waals surface area (Å²) in [5.41, 5.74) is -0.542. The van der Waals surface area contributed by atoms with E-state index in [0.29, 0.717) is 6.42 Å². The second-order valence-corrected chi connectivity index (χ2v) is 13.8. The summed E-state index contributed by atoms with van der Waals surface area (Å²) in [6.07, 6.45) is 2.20. The molecule has 0 radical (unpaired) electrons. The number of allylic oxidation sites excluding steroid dienone is 3. The zero-order valence-corrected chi connectivity index (χ0v) is 24.7. The average Bonchev–Trinajstić information content (AvgIpc) is 3.35. The molecule has 3 rings (SSSR count). The topological polar surface area (TPSA) is 273 Å². The minimum Gasteiger partial charge on any atom is -0.387 e. The lowest BCUT2D eigenvalue weighted by Crippen LogP contribution is -2.45. The number of H-pyrrole nitrogens is 1. The summed E-state index contributed by atoms with van der Waals surface area (Å²) in [5, 5.41) is 22.0. The van der Waals surface area contributed by atoms with Crippen LogP contribution in [-0.2, 0) is 37.3 Å². The number of ether oxygens (including phenoxy) is 1. The van der Waals surface area contributed by atoms with Crippen molar-refractivity contribution in [2.75, 3.05) is 6.61 Å². The van der Waals surface area contributed by atoms with Crippen LogP contribution in [0.5, 0.6) is 0 Å². The number of hydrogen-bond donors (Lipinski definition) is 7. The number of aliphatic hydroxyl groups is 2. The predicted octanol–water partition coefficient (Wildman–Crippen LogP) is 1.32. The van der Waals surface area contributed by atoms with Crippen molar-refractivity contribution in [1.82, 2.24) is 19.5 Å². The first-order chi connectivity index (χ1) is 18.9. The van der Waals surface area contributed by atoms with Crippen molar-refractivity contribution < 1.29 is 61.4 Å². The minimum absolute atomic E-state index is 0.0101. The largest absolute Gasteiger partial charge is 0.490 e. The fraction of sp³-hybridized carbons (Fsp3) is 0.550. The van der Waals surface area contributed by atoms with Crippen LogP contribution >= 0.6 is 23.5 Å². The molecule has 3 heterocycles. The van der Waals surface area contributed by atoms with Gasteiger partial charge in [0.2, 0.25) is 0 Å². The average molecular weight is 644 g/mol. The van der Waals surface area contributed by atoms with Crippen LogP contribution in [0.1, 0.15) is 40.0 Å². The van der Waals surface area contributed by atoms with Crippen molar-refractivity contribution in [1.29, 1.82) is 0 Å². The highest BCUT2D eigenvalue weighted by molar-refractivity contribution is 7.66. The Kier molecular flexibility index (Phi) is 10.5. The van der Waals surface area contributed by atoms with E-state index in [-0.39, 0.29) is 17.6 Å². The number of aromatic amines is 1. The van der Waals surface area contributed by atoms with Crippen LogP contribution in [0.25, 0.3) is 11.2 Å². The summed E-state index contributed by atoms with van der Waals surface area (Å²) < 4.78 is 53.8. The van der Waals surface area contributed by atoms with Crippen molar-refractivity contribution in [3.63, 3.8) is 0 Å². The van der Waals surface area contributed by atoms with E-state index in [1.807, 2.05) is 26.8 Å². The fourth-order valence-corrected chi connectivity index (χ4v) is 7.11. The minimum atomic E-state index is -5.78. The molecule has 0 saturated carbocycles. The van der Waals surface area contributed by atoms with Gasteiger partial charge < -0.3 is 39.5 Å². The maximum Gasteiger partial charge on any atom is 0.490 e. The van der Waals surface area contributed by atoms with Crippen molar-refractivity contribution in [2.24, 2.45) is 0 Å². The van der Waals surface area contributed by atoms with Gasteiger partial charge >= 0.3 is 23.5 Å². The van der Waals surface area contributed by atoms with Gasteiger partial charge in [0.25, 0.3) is 5.56 Å². The van der Waals surface area contributed by atoms with Gasteiger partial charge in [-0.15, -0.1) is 0 Å². The van der Waals surface area contributed by atoms with E-state index in [0.717, 1.165) is 23.9 Å². The molecule has 6 atom stereocenters. The number of rotatable bonds is 13. The second kappa shape index (κ2) is 12.8. The third-order valence-corrected chi connectivity index (χ3v) is 9.72. The van der Waals surface area contributed by atoms with Crippen molar-refractivity contribution in [3.05, 3.63) is 46.3 Å². The lowest BCUT2D eigenvalue weighted by molar-refractivity contribution is -0.142. The molecule has 1 aliphatic rings. The number of fused-ring (bicyclic) bond motifs is 1. The summed E-state index contributed by atoms with van der Waals surface area (Å²) in [7, 11) is -16.9. The first kappa shape index (κ1) is 33.6. The van der Waals surface area contributed by atoms with E-state index in [2.05, 4.69) is 28.1 Å². The number of phosphoric acid groups is 3. The van der Waals surface area contributed by atoms with Gasteiger partial charge in [0.05, 0.1) is 19.3 Å². The Labute approximate surface area is 232 Å². The van der Waals surface area contributed by atoms with Crippen LogP contribution in [0.4, 0.5) is 0 Å². The molecule has 0 aliphatic carbocycles. The molecule has 18 nitrogen and oxygen atoms in total. The number of phosphoric ester groups is 1. The highest BCUT2D eigenvalue weighted by Gasteiger charge is 2.56. The normalized spacial score (nSPS) is 26.6. The van der Waals surface area contributed by atoms with Gasteiger partial charge in [-0.25, -0.2) is 23.7 Å². The van der Waals surface area contributed by atoms with Gasteiger partial charge in [-0.2, -0.15) is 8.62 Å². The molecule has 230 valence electrons. The standard InChI is InChI=1S/C20H31N4O14P3/c1-12(2)5-4-6-13(3)7-8-20(24-11-23-15-18(24)21-10-22-19(15)27)17(26)16(25)14(36-20)9-35-40(31,32)38-41(33,34)37-39(28,29)30/h5,7,10-11,14,16-17,25-26H,4,6,8-9H2,1-3H3,(H,31,32)(H,33,34)(H,21,22,27)(H2,28,29,30)/b13-7+/t14-,16-,17-,20-/m1/s1.